The molecular formula is C12H24. The molecule has 0 aromatic heterocycles. The van der Waals surface area contributed by atoms with E-state index in [0.717, 1.165) is 11.8 Å². The van der Waals surface area contributed by atoms with Crippen molar-refractivity contribution >= 4 is 0 Å². The van der Waals surface area contributed by atoms with E-state index in [0.29, 0.717) is 0 Å². The van der Waals surface area contributed by atoms with E-state index >= 15 is 0 Å². The minimum Gasteiger partial charge on any atom is -0.0856 e. The standard InChI is InChI=1S/C12H24/c1-6-7-8-11(4)9-12(5)10(2)3/h8,10,12H,6-7,9H2,1-5H3. The number of rotatable bonds is 5. The average Bonchev–Trinajstić information content (AvgIpc) is 2.00. The van der Waals surface area contributed by atoms with Crippen molar-refractivity contribution in [2.24, 2.45) is 11.8 Å². The molecule has 0 heterocycles. The SMILES string of the molecule is CCCC=C(C)CC(C)C(C)C. The molecule has 0 aliphatic carbocycles. The second-order valence-corrected chi connectivity index (χ2v) is 4.26. The fourth-order valence-electron chi connectivity index (χ4n) is 1.22. The topological polar surface area (TPSA) is 0 Å². The summed E-state index contributed by atoms with van der Waals surface area (Å²) < 4.78 is 0. The molecule has 12 heavy (non-hydrogen) atoms. The molecule has 0 saturated heterocycles. The largest absolute Gasteiger partial charge is 0.0856 e. The molecule has 0 aromatic carbocycles. The van der Waals surface area contributed by atoms with Gasteiger partial charge in [0.05, 0.1) is 0 Å². The van der Waals surface area contributed by atoms with E-state index in [2.05, 4.69) is 40.7 Å². The average molecular weight is 168 g/mol. The first-order chi connectivity index (χ1) is 5.57. The van der Waals surface area contributed by atoms with Gasteiger partial charge in [-0.3, -0.25) is 0 Å². The highest BCUT2D eigenvalue weighted by Crippen LogP contribution is 2.19. The van der Waals surface area contributed by atoms with Crippen LogP contribution in [0, 0.1) is 11.8 Å². The Bertz CT molecular complexity index is 131. The third-order valence-corrected chi connectivity index (χ3v) is 2.56. The number of hydrogen-bond donors (Lipinski definition) is 0. The van der Waals surface area contributed by atoms with Crippen LogP contribution in [0.3, 0.4) is 0 Å². The van der Waals surface area contributed by atoms with Crippen LogP contribution in [0.25, 0.3) is 0 Å². The normalized spacial score (nSPS) is 15.3. The van der Waals surface area contributed by atoms with Crippen molar-refractivity contribution < 1.29 is 0 Å². The summed E-state index contributed by atoms with van der Waals surface area (Å²) in [4.78, 5) is 0. The number of unbranched alkanes of at least 4 members (excludes halogenated alkanes) is 1. The van der Waals surface area contributed by atoms with E-state index in [-0.39, 0.29) is 0 Å². The predicted octanol–water partition coefficient (Wildman–Crippen LogP) is 4.42. The zero-order valence-corrected chi connectivity index (χ0v) is 9.35. The van der Waals surface area contributed by atoms with Gasteiger partial charge in [0.25, 0.3) is 0 Å². The summed E-state index contributed by atoms with van der Waals surface area (Å²) in [5, 5.41) is 0. The lowest BCUT2D eigenvalue weighted by Crippen LogP contribution is -2.03. The van der Waals surface area contributed by atoms with Gasteiger partial charge in [0.2, 0.25) is 0 Å². The Balaban J connectivity index is 3.74. The third-order valence-electron chi connectivity index (χ3n) is 2.56. The molecule has 1 unspecified atom stereocenters. The van der Waals surface area contributed by atoms with E-state index in [4.69, 9.17) is 0 Å². The molecule has 0 fully saturated rings. The summed E-state index contributed by atoms with van der Waals surface area (Å²) in [5.74, 6) is 1.65. The Kier molecular flexibility index (Phi) is 6.14. The third kappa shape index (κ3) is 5.40. The van der Waals surface area contributed by atoms with Crippen molar-refractivity contribution in [2.75, 3.05) is 0 Å². The molecule has 0 aliphatic heterocycles. The van der Waals surface area contributed by atoms with E-state index in [1.807, 2.05) is 0 Å². The van der Waals surface area contributed by atoms with Crippen LogP contribution in [0.1, 0.15) is 53.9 Å². The summed E-state index contributed by atoms with van der Waals surface area (Å²) in [5.41, 5.74) is 1.57. The summed E-state index contributed by atoms with van der Waals surface area (Å²) in [7, 11) is 0. The highest BCUT2D eigenvalue weighted by atomic mass is 14.1. The second kappa shape index (κ2) is 6.28. The molecule has 0 radical (unpaired) electrons. The van der Waals surface area contributed by atoms with Crippen molar-refractivity contribution in [3.8, 4) is 0 Å². The van der Waals surface area contributed by atoms with Gasteiger partial charge in [-0.05, 0) is 31.6 Å². The molecular weight excluding hydrogens is 144 g/mol. The second-order valence-electron chi connectivity index (χ2n) is 4.26. The van der Waals surface area contributed by atoms with Crippen LogP contribution >= 0.6 is 0 Å². The Morgan fingerprint density at radius 1 is 1.25 bits per heavy atom. The highest BCUT2D eigenvalue weighted by molar-refractivity contribution is 4.98. The molecule has 0 rings (SSSR count). The number of allylic oxidation sites excluding steroid dienone is 2. The molecule has 0 aromatic rings. The first-order valence-corrected chi connectivity index (χ1v) is 5.23. The van der Waals surface area contributed by atoms with Crippen LogP contribution < -0.4 is 0 Å². The van der Waals surface area contributed by atoms with Crippen molar-refractivity contribution in [1.82, 2.24) is 0 Å². The van der Waals surface area contributed by atoms with E-state index in [1.54, 1.807) is 5.57 Å². The van der Waals surface area contributed by atoms with Crippen molar-refractivity contribution in [3.63, 3.8) is 0 Å². The van der Waals surface area contributed by atoms with Gasteiger partial charge in [-0.15, -0.1) is 0 Å². The molecule has 1 atom stereocenters. The molecule has 0 spiro atoms. The zero-order valence-electron chi connectivity index (χ0n) is 9.35. The Morgan fingerprint density at radius 3 is 2.25 bits per heavy atom. The van der Waals surface area contributed by atoms with Crippen LogP contribution in [0.5, 0.6) is 0 Å². The molecule has 0 saturated carbocycles. The summed E-state index contributed by atoms with van der Waals surface area (Å²) in [6.07, 6.45) is 6.18. The lowest BCUT2D eigenvalue weighted by molar-refractivity contribution is 0.415. The van der Waals surface area contributed by atoms with Gasteiger partial charge in [-0.2, -0.15) is 0 Å². The van der Waals surface area contributed by atoms with E-state index < -0.39 is 0 Å². The fraction of sp³-hybridized carbons (Fsp3) is 0.833. The van der Waals surface area contributed by atoms with Crippen molar-refractivity contribution in [3.05, 3.63) is 11.6 Å². The van der Waals surface area contributed by atoms with Gasteiger partial charge in [-0.25, -0.2) is 0 Å². The summed E-state index contributed by atoms with van der Waals surface area (Å²) in [6, 6.07) is 0. The van der Waals surface area contributed by atoms with Crippen molar-refractivity contribution in [2.45, 2.75) is 53.9 Å². The zero-order chi connectivity index (χ0) is 9.56. The lowest BCUT2D eigenvalue weighted by Gasteiger charge is -2.15. The van der Waals surface area contributed by atoms with Crippen LogP contribution in [0.15, 0.2) is 11.6 Å². The minimum absolute atomic E-state index is 0.815. The van der Waals surface area contributed by atoms with Crippen LogP contribution in [0.2, 0.25) is 0 Å². The smallest absolute Gasteiger partial charge is 0.0295 e. The summed E-state index contributed by atoms with van der Waals surface area (Å²) >= 11 is 0. The Morgan fingerprint density at radius 2 is 1.83 bits per heavy atom. The van der Waals surface area contributed by atoms with E-state index in [1.165, 1.54) is 19.3 Å². The maximum Gasteiger partial charge on any atom is -0.0295 e. The molecule has 0 nitrogen and oxygen atoms in total. The molecule has 0 N–H and O–H groups in total. The van der Waals surface area contributed by atoms with Gasteiger partial charge in [-0.1, -0.05) is 45.8 Å². The molecule has 0 aliphatic rings. The van der Waals surface area contributed by atoms with Crippen LogP contribution in [0.4, 0.5) is 0 Å². The predicted molar refractivity (Wildman–Crippen MR) is 57.3 cm³/mol. The molecule has 0 heteroatoms. The fourth-order valence-corrected chi connectivity index (χ4v) is 1.22. The quantitative estimate of drug-likeness (QED) is 0.533. The van der Waals surface area contributed by atoms with Crippen LogP contribution in [-0.2, 0) is 0 Å². The van der Waals surface area contributed by atoms with Gasteiger partial charge in [0, 0.05) is 0 Å². The van der Waals surface area contributed by atoms with Crippen molar-refractivity contribution in [1.29, 1.82) is 0 Å². The highest BCUT2D eigenvalue weighted by Gasteiger charge is 2.06. The van der Waals surface area contributed by atoms with Gasteiger partial charge in [0.1, 0.15) is 0 Å². The maximum absolute atomic E-state index is 2.39. The van der Waals surface area contributed by atoms with Gasteiger partial charge < -0.3 is 0 Å². The molecule has 72 valence electrons. The Hall–Kier alpha value is -0.260. The minimum atomic E-state index is 0.815. The van der Waals surface area contributed by atoms with E-state index in [9.17, 15) is 0 Å². The van der Waals surface area contributed by atoms with Gasteiger partial charge in [0.15, 0.2) is 0 Å². The Labute approximate surface area is 78.1 Å². The molecule has 0 bridgehead atoms. The molecule has 0 amide bonds. The lowest BCUT2D eigenvalue weighted by atomic mass is 9.91. The monoisotopic (exact) mass is 168 g/mol. The maximum atomic E-state index is 2.39. The number of hydrogen-bond acceptors (Lipinski definition) is 0. The first kappa shape index (κ1) is 11.7. The first-order valence-electron chi connectivity index (χ1n) is 5.23. The van der Waals surface area contributed by atoms with Gasteiger partial charge >= 0.3 is 0 Å². The van der Waals surface area contributed by atoms with Crippen LogP contribution in [-0.4, -0.2) is 0 Å². The summed E-state index contributed by atoms with van der Waals surface area (Å²) in [6.45, 7) is 11.4.